The van der Waals surface area contributed by atoms with Crippen molar-refractivity contribution in [2.45, 2.75) is 78.6 Å². The molecule has 0 spiro atoms. The van der Waals surface area contributed by atoms with Gasteiger partial charge in [-0.2, -0.15) is 0 Å². The number of fused-ring (bicyclic) bond motifs is 6. The Kier molecular flexibility index (Phi) is 9.50. The number of nitrogens with zero attached hydrogens (tertiary/aromatic N) is 3. The number of aromatic nitrogens is 3. The van der Waals surface area contributed by atoms with Gasteiger partial charge in [0.15, 0.2) is 0 Å². The lowest BCUT2D eigenvalue weighted by atomic mass is 9.79. The van der Waals surface area contributed by atoms with Gasteiger partial charge in [0.05, 0.1) is 32.5 Å². The van der Waals surface area contributed by atoms with Crippen LogP contribution in [0.15, 0.2) is 152 Å². The fraction of sp³-hybridized carbons (Fsp3) is 0.207. The molecule has 3 aromatic heterocycles. The summed E-state index contributed by atoms with van der Waals surface area (Å²) in [5.41, 5.74) is 14.2. The first kappa shape index (κ1) is 40.5. The Labute approximate surface area is 374 Å². The number of thiophene rings is 1. The molecule has 0 atom stereocenters. The highest BCUT2D eigenvalue weighted by molar-refractivity contribution is 7.27. The number of hydrogen-bond acceptors (Lipinski definition) is 4. The van der Waals surface area contributed by atoms with Gasteiger partial charge in [0.25, 0.3) is 0 Å². The van der Waals surface area contributed by atoms with Gasteiger partial charge in [-0.3, -0.25) is 9.55 Å². The molecule has 5 heteroatoms. The zero-order valence-electron chi connectivity index (χ0n) is 37.6. The Morgan fingerprint density at radius 2 is 1.13 bits per heavy atom. The van der Waals surface area contributed by atoms with Gasteiger partial charge >= 0.3 is 0 Å². The molecule has 0 aliphatic heterocycles. The number of phenols is 1. The lowest BCUT2D eigenvalue weighted by Crippen LogP contribution is -2.17. The van der Waals surface area contributed by atoms with E-state index in [2.05, 4.69) is 212 Å². The maximum absolute atomic E-state index is 12.5. The molecule has 0 bridgehead atoms. The summed E-state index contributed by atoms with van der Waals surface area (Å²) < 4.78 is 4.68. The summed E-state index contributed by atoms with van der Waals surface area (Å²) >= 11 is 1.83. The first-order valence-corrected chi connectivity index (χ1v) is 22.8. The predicted octanol–water partition coefficient (Wildman–Crippen LogP) is 16.2. The lowest BCUT2D eigenvalue weighted by Gasteiger charge is -2.27. The average Bonchev–Trinajstić information content (AvgIpc) is 3.85. The van der Waals surface area contributed by atoms with E-state index in [1.807, 2.05) is 17.5 Å². The van der Waals surface area contributed by atoms with Crippen LogP contribution in [0.25, 0.3) is 92.6 Å². The number of pyridine rings is 1. The van der Waals surface area contributed by atoms with E-state index in [9.17, 15) is 5.11 Å². The van der Waals surface area contributed by atoms with Crippen molar-refractivity contribution >= 4 is 53.4 Å². The van der Waals surface area contributed by atoms with E-state index in [0.717, 1.165) is 66.4 Å². The Morgan fingerprint density at radius 1 is 0.476 bits per heavy atom. The third-order valence-electron chi connectivity index (χ3n) is 12.7. The Balaban J connectivity index is 1.28. The minimum Gasteiger partial charge on any atom is -0.507 e. The fourth-order valence-corrected chi connectivity index (χ4v) is 10.5. The van der Waals surface area contributed by atoms with Crippen molar-refractivity contribution in [1.82, 2.24) is 14.5 Å². The van der Waals surface area contributed by atoms with Crippen LogP contribution in [0.5, 0.6) is 5.75 Å². The standard InChI is InChI=1S/C58H53N3OS/c1-56(2,3)37-28-26-36(27-29-37)40-30-31-59-51-45-34-44(41-21-13-14-22-43(41)53(45)63-54(40)51)42-23-17-25-49-50(42)60-55(46-32-38(57(4,5)6)33-47(52(46)62)58(7,8)9)61(49)48-24-16-15-20-39(48)35-18-11-10-12-19-35/h10-34,62H,1-9H3. The molecule has 0 radical (unpaired) electrons. The summed E-state index contributed by atoms with van der Waals surface area (Å²) in [5.74, 6) is 0.961. The molecular formula is C58H53N3OS. The molecule has 0 amide bonds. The van der Waals surface area contributed by atoms with Crippen molar-refractivity contribution < 1.29 is 5.11 Å². The minimum atomic E-state index is -0.314. The topological polar surface area (TPSA) is 50.9 Å². The number of hydrogen-bond donors (Lipinski definition) is 1. The second kappa shape index (κ2) is 14.8. The minimum absolute atomic E-state index is 0.0793. The zero-order valence-corrected chi connectivity index (χ0v) is 38.4. The van der Waals surface area contributed by atoms with Gasteiger partial charge in [0, 0.05) is 43.9 Å². The molecule has 0 saturated carbocycles. The van der Waals surface area contributed by atoms with Gasteiger partial charge in [0.2, 0.25) is 0 Å². The van der Waals surface area contributed by atoms with Crippen molar-refractivity contribution in [2.75, 3.05) is 0 Å². The third kappa shape index (κ3) is 6.90. The summed E-state index contributed by atoms with van der Waals surface area (Å²) in [6, 6.07) is 52.3. The highest BCUT2D eigenvalue weighted by Gasteiger charge is 2.29. The summed E-state index contributed by atoms with van der Waals surface area (Å²) in [7, 11) is 0. The number of benzene rings is 7. The van der Waals surface area contributed by atoms with E-state index in [4.69, 9.17) is 9.97 Å². The molecule has 10 rings (SSSR count). The van der Waals surface area contributed by atoms with Gasteiger partial charge in [-0.1, -0.05) is 178 Å². The number of phenolic OH excluding ortho intramolecular Hbond substituents is 1. The molecule has 0 fully saturated rings. The zero-order chi connectivity index (χ0) is 44.0. The molecular weight excluding hydrogens is 787 g/mol. The summed E-state index contributed by atoms with van der Waals surface area (Å²) in [6.07, 6.45) is 1.96. The first-order valence-electron chi connectivity index (χ1n) is 22.0. The second-order valence-electron chi connectivity index (χ2n) is 20.1. The van der Waals surface area contributed by atoms with Crippen molar-refractivity contribution in [2.24, 2.45) is 0 Å². The van der Waals surface area contributed by atoms with E-state index >= 15 is 0 Å². The molecule has 7 aromatic carbocycles. The number of para-hydroxylation sites is 2. The van der Waals surface area contributed by atoms with Crippen LogP contribution in [0.1, 0.15) is 79.0 Å². The van der Waals surface area contributed by atoms with E-state index < -0.39 is 0 Å². The number of rotatable bonds is 5. The highest BCUT2D eigenvalue weighted by atomic mass is 32.1. The van der Waals surface area contributed by atoms with Gasteiger partial charge in [-0.05, 0) is 79.8 Å². The summed E-state index contributed by atoms with van der Waals surface area (Å²) in [5, 5.41) is 16.0. The number of imidazole rings is 1. The normalized spacial score (nSPS) is 12.6. The molecule has 10 aromatic rings. The van der Waals surface area contributed by atoms with Crippen LogP contribution in [-0.4, -0.2) is 19.6 Å². The van der Waals surface area contributed by atoms with Crippen LogP contribution in [0, 0.1) is 0 Å². The molecule has 0 aliphatic rings. The predicted molar refractivity (Wildman–Crippen MR) is 269 cm³/mol. The fourth-order valence-electron chi connectivity index (χ4n) is 9.16. The maximum Gasteiger partial charge on any atom is 0.149 e. The Hall–Kier alpha value is -6.56. The summed E-state index contributed by atoms with van der Waals surface area (Å²) in [4.78, 5) is 10.8. The van der Waals surface area contributed by atoms with E-state index in [1.165, 1.54) is 31.5 Å². The van der Waals surface area contributed by atoms with Gasteiger partial charge in [-0.25, -0.2) is 4.98 Å². The molecule has 1 N–H and O–H groups in total. The highest BCUT2D eigenvalue weighted by Crippen LogP contribution is 2.48. The number of aromatic hydroxyl groups is 1. The van der Waals surface area contributed by atoms with Crippen LogP contribution in [0.2, 0.25) is 0 Å². The van der Waals surface area contributed by atoms with Crippen LogP contribution in [0.3, 0.4) is 0 Å². The molecule has 0 saturated heterocycles. The van der Waals surface area contributed by atoms with Crippen molar-refractivity contribution in [1.29, 1.82) is 0 Å². The van der Waals surface area contributed by atoms with Crippen molar-refractivity contribution in [3.8, 4) is 56.2 Å². The van der Waals surface area contributed by atoms with Crippen LogP contribution in [-0.2, 0) is 16.2 Å². The molecule has 63 heavy (non-hydrogen) atoms. The van der Waals surface area contributed by atoms with E-state index in [-0.39, 0.29) is 22.0 Å². The molecule has 3 heterocycles. The quantitative estimate of drug-likeness (QED) is 0.188. The SMILES string of the molecule is CC(C)(C)c1ccc(-c2ccnc3c2sc2c4ccccc4c(-c4cccc5c4nc(-c4cc(C(C)(C)C)cc(C(C)(C)C)c4O)n5-c4ccccc4-c4ccccc4)cc32)cc1. The van der Waals surface area contributed by atoms with E-state index in [1.54, 1.807) is 0 Å². The average molecular weight is 840 g/mol. The monoisotopic (exact) mass is 839 g/mol. The van der Waals surface area contributed by atoms with Crippen LogP contribution in [0.4, 0.5) is 0 Å². The Bertz CT molecular complexity index is 3390. The molecule has 312 valence electrons. The molecule has 0 aliphatic carbocycles. The summed E-state index contributed by atoms with van der Waals surface area (Å²) in [6.45, 7) is 20.0. The van der Waals surface area contributed by atoms with E-state index in [0.29, 0.717) is 11.4 Å². The van der Waals surface area contributed by atoms with Crippen LogP contribution < -0.4 is 0 Å². The van der Waals surface area contributed by atoms with Gasteiger partial charge < -0.3 is 5.11 Å². The van der Waals surface area contributed by atoms with Crippen molar-refractivity contribution in [3.63, 3.8) is 0 Å². The van der Waals surface area contributed by atoms with Crippen LogP contribution >= 0.6 is 11.3 Å². The second-order valence-corrected chi connectivity index (χ2v) is 21.1. The largest absolute Gasteiger partial charge is 0.507 e. The van der Waals surface area contributed by atoms with Crippen molar-refractivity contribution in [3.05, 3.63) is 168 Å². The van der Waals surface area contributed by atoms with Gasteiger partial charge in [-0.15, -0.1) is 11.3 Å². The van der Waals surface area contributed by atoms with Gasteiger partial charge in [0.1, 0.15) is 11.6 Å². The first-order chi connectivity index (χ1) is 30.1. The Morgan fingerprint density at radius 3 is 1.84 bits per heavy atom. The smallest absolute Gasteiger partial charge is 0.149 e. The molecule has 0 unspecified atom stereocenters. The third-order valence-corrected chi connectivity index (χ3v) is 13.9. The lowest BCUT2D eigenvalue weighted by molar-refractivity contribution is 0.446. The maximum atomic E-state index is 12.5. The molecule has 4 nitrogen and oxygen atoms in total.